The van der Waals surface area contributed by atoms with Crippen LogP contribution in [0.2, 0.25) is 0 Å². The summed E-state index contributed by atoms with van der Waals surface area (Å²) < 4.78 is 4.41. The predicted octanol–water partition coefficient (Wildman–Crippen LogP) is 3.43. The van der Waals surface area contributed by atoms with Crippen LogP contribution in [-0.4, -0.2) is 30.7 Å². The van der Waals surface area contributed by atoms with Crippen molar-refractivity contribution in [2.45, 2.75) is 59.7 Å². The topological polar surface area (TPSA) is 90.4 Å². The highest BCUT2D eigenvalue weighted by molar-refractivity contribution is 5.98. The normalized spacial score (nSPS) is 12.5. The minimum atomic E-state index is -0.346. The van der Waals surface area contributed by atoms with Crippen molar-refractivity contribution in [3.63, 3.8) is 0 Å². The predicted molar refractivity (Wildman–Crippen MR) is 133 cm³/mol. The van der Waals surface area contributed by atoms with Gasteiger partial charge in [-0.2, -0.15) is 0 Å². The van der Waals surface area contributed by atoms with Crippen molar-refractivity contribution in [1.82, 2.24) is 24.1 Å². The number of carbonyl (C=O) groups is 1. The number of fused-ring (bicyclic) bond motifs is 3. The SMILES string of the molecule is CCC(C)NC(=O)c1ccc2c(=O)n(CCC(C)C)c3nn(Cc4ccccc4)c(=O)n3c2c1. The maximum Gasteiger partial charge on any atom is 0.352 e. The Morgan fingerprint density at radius 1 is 1.06 bits per heavy atom. The van der Waals surface area contributed by atoms with Crippen molar-refractivity contribution in [2.24, 2.45) is 5.92 Å². The van der Waals surface area contributed by atoms with E-state index in [1.165, 1.54) is 9.08 Å². The van der Waals surface area contributed by atoms with Crippen LogP contribution in [0.5, 0.6) is 0 Å². The second kappa shape index (κ2) is 9.67. The fourth-order valence-electron chi connectivity index (χ4n) is 3.91. The average molecular weight is 462 g/mol. The summed E-state index contributed by atoms with van der Waals surface area (Å²) in [4.78, 5) is 39.7. The van der Waals surface area contributed by atoms with E-state index in [2.05, 4.69) is 24.3 Å². The van der Waals surface area contributed by atoms with Gasteiger partial charge in [-0.05, 0) is 49.4 Å². The van der Waals surface area contributed by atoms with Gasteiger partial charge in [-0.1, -0.05) is 51.1 Å². The molecule has 0 radical (unpaired) electrons. The van der Waals surface area contributed by atoms with Gasteiger partial charge < -0.3 is 5.32 Å². The highest BCUT2D eigenvalue weighted by Crippen LogP contribution is 2.16. The Kier molecular flexibility index (Phi) is 6.68. The standard InChI is InChI=1S/C26H31N5O3/c1-5-18(4)27-23(32)20-11-12-21-22(15-20)31-25(29(24(21)33)14-13-17(2)3)28-30(26(31)34)16-19-9-7-6-8-10-19/h6-12,15,17-18H,5,13-14,16H2,1-4H3,(H,27,32). The van der Waals surface area contributed by atoms with Gasteiger partial charge in [0.2, 0.25) is 5.78 Å². The molecule has 4 aromatic rings. The van der Waals surface area contributed by atoms with Gasteiger partial charge in [-0.25, -0.2) is 13.9 Å². The van der Waals surface area contributed by atoms with E-state index >= 15 is 0 Å². The quantitative estimate of drug-likeness (QED) is 0.435. The molecule has 0 fully saturated rings. The van der Waals surface area contributed by atoms with E-state index in [-0.39, 0.29) is 29.7 Å². The molecule has 1 atom stereocenters. The number of nitrogens with one attached hydrogen (secondary N) is 1. The first kappa shape index (κ1) is 23.5. The van der Waals surface area contributed by atoms with Gasteiger partial charge in [0, 0.05) is 18.2 Å². The third-order valence-corrected chi connectivity index (χ3v) is 6.14. The fourth-order valence-corrected chi connectivity index (χ4v) is 3.91. The largest absolute Gasteiger partial charge is 0.352 e. The molecular formula is C26H31N5O3. The molecule has 8 heteroatoms. The van der Waals surface area contributed by atoms with E-state index < -0.39 is 0 Å². The molecule has 0 aliphatic rings. The maximum atomic E-state index is 13.5. The Hall–Kier alpha value is -3.68. The van der Waals surface area contributed by atoms with Crippen LogP contribution in [0, 0.1) is 5.92 Å². The number of nitrogens with zero attached hydrogens (tertiary/aromatic N) is 4. The Balaban J connectivity index is 1.94. The van der Waals surface area contributed by atoms with Gasteiger partial charge in [0.1, 0.15) is 0 Å². The molecule has 2 heterocycles. The lowest BCUT2D eigenvalue weighted by Gasteiger charge is -2.13. The van der Waals surface area contributed by atoms with Crippen molar-refractivity contribution in [1.29, 1.82) is 0 Å². The number of amides is 1. The number of rotatable bonds is 8. The van der Waals surface area contributed by atoms with Gasteiger partial charge in [0.05, 0.1) is 17.4 Å². The van der Waals surface area contributed by atoms with Crippen molar-refractivity contribution >= 4 is 22.6 Å². The van der Waals surface area contributed by atoms with Crippen LogP contribution in [0.4, 0.5) is 0 Å². The second-order valence-electron chi connectivity index (χ2n) is 9.22. The Morgan fingerprint density at radius 3 is 2.47 bits per heavy atom. The molecular weight excluding hydrogens is 430 g/mol. The number of carbonyl (C=O) groups excluding carboxylic acids is 1. The molecule has 0 aliphatic heterocycles. The molecule has 1 amide bonds. The van der Waals surface area contributed by atoms with Crippen molar-refractivity contribution in [3.8, 4) is 0 Å². The van der Waals surface area contributed by atoms with Crippen LogP contribution in [-0.2, 0) is 13.1 Å². The number of aromatic nitrogens is 4. The number of benzene rings is 2. The smallest absolute Gasteiger partial charge is 0.350 e. The molecule has 8 nitrogen and oxygen atoms in total. The summed E-state index contributed by atoms with van der Waals surface area (Å²) in [5.74, 6) is 0.434. The first-order chi connectivity index (χ1) is 16.3. The first-order valence-electron chi connectivity index (χ1n) is 11.8. The molecule has 4 rings (SSSR count). The zero-order chi connectivity index (χ0) is 24.4. The second-order valence-corrected chi connectivity index (χ2v) is 9.22. The van der Waals surface area contributed by atoms with E-state index in [0.29, 0.717) is 34.7 Å². The van der Waals surface area contributed by atoms with Crippen molar-refractivity contribution < 1.29 is 4.79 Å². The van der Waals surface area contributed by atoms with Crippen LogP contribution in [0.15, 0.2) is 58.1 Å². The van der Waals surface area contributed by atoms with Crippen molar-refractivity contribution in [3.05, 3.63) is 80.5 Å². The van der Waals surface area contributed by atoms with Gasteiger partial charge in [0.25, 0.3) is 11.5 Å². The number of hydrogen-bond acceptors (Lipinski definition) is 4. The van der Waals surface area contributed by atoms with E-state index in [9.17, 15) is 14.4 Å². The Bertz CT molecular complexity index is 1450. The molecule has 34 heavy (non-hydrogen) atoms. The fraction of sp³-hybridized carbons (Fsp3) is 0.385. The first-order valence-corrected chi connectivity index (χ1v) is 11.8. The van der Waals surface area contributed by atoms with Gasteiger partial charge in [-0.15, -0.1) is 5.10 Å². The van der Waals surface area contributed by atoms with E-state index in [4.69, 9.17) is 0 Å². The summed E-state index contributed by atoms with van der Waals surface area (Å²) in [6.45, 7) is 8.85. The number of hydrogen-bond donors (Lipinski definition) is 1. The highest BCUT2D eigenvalue weighted by atomic mass is 16.2. The van der Waals surface area contributed by atoms with Crippen molar-refractivity contribution in [2.75, 3.05) is 0 Å². The van der Waals surface area contributed by atoms with E-state index in [0.717, 1.165) is 18.4 Å². The summed E-state index contributed by atoms with van der Waals surface area (Å²) in [5.41, 5.74) is 1.16. The third-order valence-electron chi connectivity index (χ3n) is 6.14. The van der Waals surface area contributed by atoms with Gasteiger partial charge in [0.15, 0.2) is 0 Å². The summed E-state index contributed by atoms with van der Waals surface area (Å²) in [6, 6.07) is 14.5. The average Bonchev–Trinajstić information content (AvgIpc) is 3.14. The lowest BCUT2D eigenvalue weighted by atomic mass is 10.1. The Morgan fingerprint density at radius 2 is 1.79 bits per heavy atom. The molecule has 0 spiro atoms. The summed E-state index contributed by atoms with van der Waals surface area (Å²) in [5, 5.41) is 7.89. The summed E-state index contributed by atoms with van der Waals surface area (Å²) in [7, 11) is 0. The molecule has 2 aromatic heterocycles. The lowest BCUT2D eigenvalue weighted by Crippen LogP contribution is -2.32. The summed E-state index contributed by atoms with van der Waals surface area (Å²) in [6.07, 6.45) is 1.58. The van der Waals surface area contributed by atoms with E-state index in [1.807, 2.05) is 44.2 Å². The minimum Gasteiger partial charge on any atom is -0.350 e. The Labute approximate surface area is 197 Å². The van der Waals surface area contributed by atoms with E-state index in [1.54, 1.807) is 22.8 Å². The highest BCUT2D eigenvalue weighted by Gasteiger charge is 2.19. The maximum absolute atomic E-state index is 13.5. The minimum absolute atomic E-state index is 0.0172. The van der Waals surface area contributed by atoms with Crippen LogP contribution in [0.3, 0.4) is 0 Å². The molecule has 1 unspecified atom stereocenters. The zero-order valence-corrected chi connectivity index (χ0v) is 20.1. The molecule has 1 N–H and O–H groups in total. The monoisotopic (exact) mass is 461 g/mol. The van der Waals surface area contributed by atoms with Gasteiger partial charge in [-0.3, -0.25) is 14.2 Å². The summed E-state index contributed by atoms with van der Waals surface area (Å²) >= 11 is 0. The van der Waals surface area contributed by atoms with Crippen LogP contribution in [0.25, 0.3) is 16.7 Å². The van der Waals surface area contributed by atoms with Crippen LogP contribution in [0.1, 0.15) is 56.5 Å². The van der Waals surface area contributed by atoms with Crippen LogP contribution >= 0.6 is 0 Å². The lowest BCUT2D eigenvalue weighted by molar-refractivity contribution is 0.0939. The van der Waals surface area contributed by atoms with Crippen LogP contribution < -0.4 is 16.6 Å². The molecule has 0 saturated heterocycles. The molecule has 0 saturated carbocycles. The molecule has 178 valence electrons. The third kappa shape index (κ3) is 4.53. The molecule has 0 bridgehead atoms. The zero-order valence-electron chi connectivity index (χ0n) is 20.1. The van der Waals surface area contributed by atoms with Gasteiger partial charge >= 0.3 is 5.69 Å². The molecule has 0 aliphatic carbocycles. The molecule has 2 aromatic carbocycles. The number of aryl methyl sites for hydroxylation is 1.